The van der Waals surface area contributed by atoms with Crippen LogP contribution in [0.3, 0.4) is 0 Å². The normalized spacial score (nSPS) is 15.4. The highest BCUT2D eigenvalue weighted by Crippen LogP contribution is 2.23. The quantitative estimate of drug-likeness (QED) is 0.576. The van der Waals surface area contributed by atoms with Gasteiger partial charge in [-0.1, -0.05) is 42.5 Å². The van der Waals surface area contributed by atoms with E-state index < -0.39 is 10.0 Å². The van der Waals surface area contributed by atoms with E-state index in [9.17, 15) is 18.0 Å². The van der Waals surface area contributed by atoms with E-state index in [1.54, 1.807) is 6.07 Å². The van der Waals surface area contributed by atoms with Gasteiger partial charge in [0.15, 0.2) is 0 Å². The van der Waals surface area contributed by atoms with Crippen molar-refractivity contribution in [2.75, 3.05) is 13.1 Å². The van der Waals surface area contributed by atoms with Crippen molar-refractivity contribution in [1.29, 1.82) is 0 Å². The summed E-state index contributed by atoms with van der Waals surface area (Å²) < 4.78 is 26.7. The van der Waals surface area contributed by atoms with Crippen LogP contribution in [-0.2, 0) is 26.0 Å². The van der Waals surface area contributed by atoms with Gasteiger partial charge in [0.1, 0.15) is 4.90 Å². The molecule has 2 N–H and O–H groups in total. The molecular weight excluding hydrogens is 428 g/mol. The number of pyridine rings is 1. The van der Waals surface area contributed by atoms with Crippen molar-refractivity contribution in [2.45, 2.75) is 24.2 Å². The van der Waals surface area contributed by atoms with Crippen molar-refractivity contribution in [3.05, 3.63) is 72.6 Å². The monoisotopic (exact) mass is 452 g/mol. The van der Waals surface area contributed by atoms with Crippen LogP contribution in [0.2, 0.25) is 0 Å². The Balaban J connectivity index is 1.28. The summed E-state index contributed by atoms with van der Waals surface area (Å²) in [5.74, 6) is -0.991. The van der Waals surface area contributed by atoms with Crippen molar-refractivity contribution < 1.29 is 18.0 Å². The van der Waals surface area contributed by atoms with Crippen LogP contribution in [0.5, 0.6) is 0 Å². The third-order valence-electron chi connectivity index (χ3n) is 5.65. The molecule has 0 aliphatic carbocycles. The van der Waals surface area contributed by atoms with Crippen LogP contribution in [0.25, 0.3) is 10.8 Å². The standard InChI is InChI=1S/C23H24N4O4S/c28-22(15-19-7-3-6-17-5-1-2-9-21(17)19)25-26-23(29)18-10-13-27(14-11-18)32(30,31)20-8-4-12-24-16-20/h1-9,12,16,18H,10-11,13-15H2,(H,25,28)(H,26,29). The maximum absolute atomic E-state index is 12.7. The van der Waals surface area contributed by atoms with E-state index in [0.29, 0.717) is 12.8 Å². The summed E-state index contributed by atoms with van der Waals surface area (Å²) in [4.78, 5) is 28.9. The van der Waals surface area contributed by atoms with Crippen molar-refractivity contribution in [2.24, 2.45) is 5.92 Å². The van der Waals surface area contributed by atoms with E-state index in [4.69, 9.17) is 0 Å². The lowest BCUT2D eigenvalue weighted by molar-refractivity contribution is -0.131. The minimum absolute atomic E-state index is 0.142. The number of hydrogen-bond acceptors (Lipinski definition) is 5. The Kier molecular flexibility index (Phi) is 6.48. The van der Waals surface area contributed by atoms with Crippen LogP contribution < -0.4 is 10.9 Å². The molecule has 166 valence electrons. The number of aromatic nitrogens is 1. The van der Waals surface area contributed by atoms with Crippen LogP contribution >= 0.6 is 0 Å². The Morgan fingerprint density at radius 1 is 0.969 bits per heavy atom. The van der Waals surface area contributed by atoms with E-state index in [1.165, 1.54) is 22.8 Å². The fourth-order valence-corrected chi connectivity index (χ4v) is 5.34. The number of benzene rings is 2. The third-order valence-corrected chi connectivity index (χ3v) is 7.54. The van der Waals surface area contributed by atoms with Crippen LogP contribution in [-0.4, -0.2) is 42.6 Å². The molecule has 0 bridgehead atoms. The highest BCUT2D eigenvalue weighted by molar-refractivity contribution is 7.89. The summed E-state index contributed by atoms with van der Waals surface area (Å²) in [5, 5.41) is 2.05. The minimum Gasteiger partial charge on any atom is -0.273 e. The second kappa shape index (κ2) is 9.46. The van der Waals surface area contributed by atoms with Crippen LogP contribution in [0.4, 0.5) is 0 Å². The zero-order valence-electron chi connectivity index (χ0n) is 17.4. The van der Waals surface area contributed by atoms with Gasteiger partial charge >= 0.3 is 0 Å². The van der Waals surface area contributed by atoms with Crippen LogP contribution in [0.1, 0.15) is 18.4 Å². The number of hydrazine groups is 1. The molecule has 32 heavy (non-hydrogen) atoms. The molecule has 1 aromatic heterocycles. The highest BCUT2D eigenvalue weighted by Gasteiger charge is 2.32. The molecule has 0 unspecified atom stereocenters. The fraction of sp³-hybridized carbons (Fsp3) is 0.261. The number of piperidine rings is 1. The van der Waals surface area contributed by atoms with Gasteiger partial charge in [0.25, 0.3) is 0 Å². The Bertz CT molecular complexity index is 1220. The number of rotatable bonds is 5. The molecule has 9 heteroatoms. The van der Waals surface area contributed by atoms with Crippen molar-refractivity contribution in [3.8, 4) is 0 Å². The third kappa shape index (κ3) is 4.79. The van der Waals surface area contributed by atoms with E-state index in [-0.39, 0.29) is 42.1 Å². The first-order valence-electron chi connectivity index (χ1n) is 10.4. The predicted molar refractivity (Wildman–Crippen MR) is 120 cm³/mol. The molecule has 1 aliphatic rings. The maximum Gasteiger partial charge on any atom is 0.244 e. The molecular formula is C23H24N4O4S. The summed E-state index contributed by atoms with van der Waals surface area (Å²) in [6, 6.07) is 16.7. The molecule has 0 radical (unpaired) electrons. The van der Waals surface area contributed by atoms with Gasteiger partial charge in [-0.15, -0.1) is 0 Å². The molecule has 2 heterocycles. The van der Waals surface area contributed by atoms with Gasteiger partial charge < -0.3 is 0 Å². The molecule has 3 aromatic rings. The first kappa shape index (κ1) is 21.9. The number of amides is 2. The lowest BCUT2D eigenvalue weighted by Gasteiger charge is -2.30. The molecule has 4 rings (SSSR count). The molecule has 1 saturated heterocycles. The second-order valence-electron chi connectivity index (χ2n) is 7.72. The first-order chi connectivity index (χ1) is 15.4. The molecule has 2 aromatic carbocycles. The Morgan fingerprint density at radius 3 is 2.47 bits per heavy atom. The van der Waals surface area contributed by atoms with Gasteiger partial charge in [-0.2, -0.15) is 4.31 Å². The lowest BCUT2D eigenvalue weighted by atomic mass is 9.97. The number of nitrogens with zero attached hydrogens (tertiary/aromatic N) is 2. The van der Waals surface area contributed by atoms with Crippen molar-refractivity contribution in [3.63, 3.8) is 0 Å². The summed E-state index contributed by atoms with van der Waals surface area (Å²) in [6.07, 6.45) is 3.74. The summed E-state index contributed by atoms with van der Waals surface area (Å²) >= 11 is 0. The van der Waals surface area contributed by atoms with Crippen LogP contribution in [0.15, 0.2) is 71.9 Å². The summed E-state index contributed by atoms with van der Waals surface area (Å²) in [7, 11) is -3.62. The maximum atomic E-state index is 12.7. The average molecular weight is 453 g/mol. The summed E-state index contributed by atoms with van der Waals surface area (Å²) in [5.41, 5.74) is 5.85. The van der Waals surface area contributed by atoms with E-state index in [1.807, 2.05) is 42.5 Å². The molecule has 8 nitrogen and oxygen atoms in total. The van der Waals surface area contributed by atoms with E-state index >= 15 is 0 Å². The van der Waals surface area contributed by atoms with Gasteiger partial charge in [-0.3, -0.25) is 25.4 Å². The zero-order valence-corrected chi connectivity index (χ0v) is 18.2. The number of sulfonamides is 1. The Hall–Kier alpha value is -3.30. The molecule has 1 fully saturated rings. The van der Waals surface area contributed by atoms with E-state index in [0.717, 1.165) is 16.3 Å². The molecule has 0 saturated carbocycles. The van der Waals surface area contributed by atoms with Gasteiger partial charge in [-0.25, -0.2) is 8.42 Å². The molecule has 2 amide bonds. The number of fused-ring (bicyclic) bond motifs is 1. The number of nitrogens with one attached hydrogen (secondary N) is 2. The van der Waals surface area contributed by atoms with Crippen LogP contribution in [0, 0.1) is 5.92 Å². The first-order valence-corrected chi connectivity index (χ1v) is 11.8. The smallest absolute Gasteiger partial charge is 0.244 e. The average Bonchev–Trinajstić information content (AvgIpc) is 2.83. The Morgan fingerprint density at radius 2 is 1.72 bits per heavy atom. The molecule has 0 atom stereocenters. The highest BCUT2D eigenvalue weighted by atomic mass is 32.2. The summed E-state index contributed by atoms with van der Waals surface area (Å²) in [6.45, 7) is 0.471. The number of hydrogen-bond donors (Lipinski definition) is 2. The van der Waals surface area contributed by atoms with Gasteiger partial charge in [0, 0.05) is 31.4 Å². The number of carbonyl (C=O) groups is 2. The predicted octanol–water partition coefficient (Wildman–Crippen LogP) is 2.03. The Labute approximate surface area is 186 Å². The van der Waals surface area contributed by atoms with Gasteiger partial charge in [0.05, 0.1) is 6.42 Å². The number of carbonyl (C=O) groups excluding carboxylic acids is 2. The topological polar surface area (TPSA) is 108 Å². The minimum atomic E-state index is -3.62. The van der Waals surface area contributed by atoms with Gasteiger partial charge in [-0.05, 0) is 41.3 Å². The fourth-order valence-electron chi connectivity index (χ4n) is 3.90. The largest absolute Gasteiger partial charge is 0.273 e. The second-order valence-corrected chi connectivity index (χ2v) is 9.66. The SMILES string of the molecule is O=C(Cc1cccc2ccccc12)NNC(=O)C1CCN(S(=O)(=O)c2cccnc2)CC1. The van der Waals surface area contributed by atoms with E-state index in [2.05, 4.69) is 15.8 Å². The molecule has 1 aliphatic heterocycles. The van der Waals surface area contributed by atoms with Gasteiger partial charge in [0.2, 0.25) is 21.8 Å². The van der Waals surface area contributed by atoms with Crippen molar-refractivity contribution >= 4 is 32.6 Å². The lowest BCUT2D eigenvalue weighted by Crippen LogP contribution is -2.48. The zero-order chi connectivity index (χ0) is 22.6. The van der Waals surface area contributed by atoms with Crippen molar-refractivity contribution in [1.82, 2.24) is 20.1 Å². The molecule has 0 spiro atoms.